The van der Waals surface area contributed by atoms with Crippen LogP contribution in [0.25, 0.3) is 11.3 Å². The van der Waals surface area contributed by atoms with Gasteiger partial charge in [-0.3, -0.25) is 4.79 Å². The minimum atomic E-state index is -0.203. The lowest BCUT2D eigenvalue weighted by atomic mass is 10.1. The van der Waals surface area contributed by atoms with E-state index in [-0.39, 0.29) is 12.1 Å². The van der Waals surface area contributed by atoms with E-state index in [1.165, 1.54) is 10.7 Å². The zero-order valence-electron chi connectivity index (χ0n) is 11.6. The van der Waals surface area contributed by atoms with Crippen LogP contribution in [0.5, 0.6) is 0 Å². The summed E-state index contributed by atoms with van der Waals surface area (Å²) in [6.45, 7) is 2.11. The molecule has 0 saturated heterocycles. The summed E-state index contributed by atoms with van der Waals surface area (Å²) in [6.07, 6.45) is 0.690. The molecule has 2 aromatic heterocycles. The van der Waals surface area contributed by atoms with Crippen molar-refractivity contribution in [2.45, 2.75) is 19.9 Å². The Morgan fingerprint density at radius 1 is 1.14 bits per heavy atom. The summed E-state index contributed by atoms with van der Waals surface area (Å²) in [6, 6.07) is 12.9. The fourth-order valence-corrected chi connectivity index (χ4v) is 1.95. The molecule has 3 rings (SSSR count). The molecule has 0 amide bonds. The average molecular weight is 282 g/mol. The first-order valence-electron chi connectivity index (χ1n) is 6.71. The normalized spacial score (nSPS) is 10.7. The number of hydrogen-bond acceptors (Lipinski definition) is 5. The predicted molar refractivity (Wildman–Crippen MR) is 76.7 cm³/mol. The molecular weight excluding hydrogens is 268 g/mol. The van der Waals surface area contributed by atoms with Crippen LogP contribution in [-0.4, -0.2) is 19.9 Å². The topological polar surface area (TPSA) is 73.8 Å². The molecular formula is C15H14N4O2. The first-order chi connectivity index (χ1) is 10.3. The minimum absolute atomic E-state index is 0.173. The van der Waals surface area contributed by atoms with Crippen LogP contribution < -0.4 is 5.56 Å². The molecule has 6 heteroatoms. The van der Waals surface area contributed by atoms with E-state index in [0.29, 0.717) is 18.1 Å². The Labute approximate surface area is 121 Å². The molecule has 0 N–H and O–H groups in total. The molecule has 6 nitrogen and oxygen atoms in total. The smallest absolute Gasteiger partial charge is 0.267 e. The molecule has 106 valence electrons. The quantitative estimate of drug-likeness (QED) is 0.730. The first kappa shape index (κ1) is 13.2. The van der Waals surface area contributed by atoms with Gasteiger partial charge in [-0.05, 0) is 6.07 Å². The van der Waals surface area contributed by atoms with Gasteiger partial charge in [0.15, 0.2) is 5.82 Å². The fourth-order valence-electron chi connectivity index (χ4n) is 1.95. The maximum Gasteiger partial charge on any atom is 0.267 e. The minimum Gasteiger partial charge on any atom is -0.337 e. The van der Waals surface area contributed by atoms with Crippen LogP contribution in [-0.2, 0) is 13.0 Å². The van der Waals surface area contributed by atoms with E-state index < -0.39 is 0 Å². The van der Waals surface area contributed by atoms with E-state index in [4.69, 9.17) is 4.52 Å². The summed E-state index contributed by atoms with van der Waals surface area (Å²) < 4.78 is 6.43. The molecule has 0 spiro atoms. The van der Waals surface area contributed by atoms with Gasteiger partial charge in [-0.2, -0.15) is 10.1 Å². The van der Waals surface area contributed by atoms with Gasteiger partial charge in [0.1, 0.15) is 6.54 Å². The van der Waals surface area contributed by atoms with Crippen molar-refractivity contribution in [3.63, 3.8) is 0 Å². The highest BCUT2D eigenvalue weighted by atomic mass is 16.5. The van der Waals surface area contributed by atoms with Gasteiger partial charge < -0.3 is 4.52 Å². The van der Waals surface area contributed by atoms with Gasteiger partial charge in [-0.25, -0.2) is 4.68 Å². The van der Waals surface area contributed by atoms with E-state index in [9.17, 15) is 4.79 Å². The summed E-state index contributed by atoms with van der Waals surface area (Å²) in [5, 5.41) is 8.16. The van der Waals surface area contributed by atoms with Crippen molar-refractivity contribution in [3.8, 4) is 11.3 Å². The maximum absolute atomic E-state index is 11.9. The van der Waals surface area contributed by atoms with Gasteiger partial charge in [0.05, 0.1) is 5.69 Å². The van der Waals surface area contributed by atoms with Crippen molar-refractivity contribution in [2.75, 3.05) is 0 Å². The molecule has 0 saturated carbocycles. The lowest BCUT2D eigenvalue weighted by Gasteiger charge is -2.04. The summed E-state index contributed by atoms with van der Waals surface area (Å²) in [7, 11) is 0. The highest BCUT2D eigenvalue weighted by molar-refractivity contribution is 5.57. The van der Waals surface area contributed by atoms with Gasteiger partial charge in [0.2, 0.25) is 5.89 Å². The van der Waals surface area contributed by atoms with E-state index in [2.05, 4.69) is 15.2 Å². The molecule has 0 aliphatic rings. The summed E-state index contributed by atoms with van der Waals surface area (Å²) in [4.78, 5) is 16.1. The van der Waals surface area contributed by atoms with Gasteiger partial charge in [-0.15, -0.1) is 0 Å². The van der Waals surface area contributed by atoms with Crippen LogP contribution in [0.2, 0.25) is 0 Å². The van der Waals surface area contributed by atoms with Crippen LogP contribution in [0.1, 0.15) is 18.6 Å². The van der Waals surface area contributed by atoms with E-state index in [1.54, 1.807) is 6.07 Å². The summed E-state index contributed by atoms with van der Waals surface area (Å²) in [5.74, 6) is 1.00. The molecule has 1 aromatic carbocycles. The van der Waals surface area contributed by atoms with E-state index in [1.807, 2.05) is 37.3 Å². The molecule has 0 fully saturated rings. The zero-order chi connectivity index (χ0) is 14.7. The number of aryl methyl sites for hydroxylation is 1. The molecule has 0 bridgehead atoms. The van der Waals surface area contributed by atoms with Gasteiger partial charge in [0.25, 0.3) is 5.56 Å². The van der Waals surface area contributed by atoms with Crippen LogP contribution in [0.3, 0.4) is 0 Å². The summed E-state index contributed by atoms with van der Waals surface area (Å²) >= 11 is 0. The third-order valence-corrected chi connectivity index (χ3v) is 3.05. The van der Waals surface area contributed by atoms with E-state index >= 15 is 0 Å². The predicted octanol–water partition coefficient (Wildman–Crippen LogP) is 1.90. The van der Waals surface area contributed by atoms with Gasteiger partial charge in [-0.1, -0.05) is 42.4 Å². The molecule has 3 aromatic rings. The molecule has 0 radical (unpaired) electrons. The molecule has 0 atom stereocenters. The second kappa shape index (κ2) is 5.70. The maximum atomic E-state index is 11.9. The van der Waals surface area contributed by atoms with Crippen LogP contribution in [0.4, 0.5) is 0 Å². The molecule has 0 aliphatic heterocycles. The third-order valence-electron chi connectivity index (χ3n) is 3.05. The Bertz CT molecular complexity index is 793. The monoisotopic (exact) mass is 282 g/mol. The van der Waals surface area contributed by atoms with Crippen molar-refractivity contribution < 1.29 is 4.52 Å². The van der Waals surface area contributed by atoms with Crippen molar-refractivity contribution in [1.82, 2.24) is 19.9 Å². The second-order valence-corrected chi connectivity index (χ2v) is 4.54. The Hall–Kier alpha value is -2.76. The van der Waals surface area contributed by atoms with Crippen molar-refractivity contribution in [2.24, 2.45) is 0 Å². The second-order valence-electron chi connectivity index (χ2n) is 4.54. The Kier molecular flexibility index (Phi) is 3.59. The highest BCUT2D eigenvalue weighted by Gasteiger charge is 2.09. The standard InChI is InChI=1S/C15H14N4O2/c1-2-13-16-14(21-18-13)10-19-15(20)9-8-12(17-19)11-6-4-3-5-7-11/h3-9H,2,10H2,1H3. The Morgan fingerprint density at radius 2 is 1.95 bits per heavy atom. The van der Waals surface area contributed by atoms with Crippen molar-refractivity contribution in [3.05, 3.63) is 64.5 Å². The zero-order valence-corrected chi connectivity index (χ0v) is 11.6. The SMILES string of the molecule is CCc1noc(Cn2nc(-c3ccccc3)ccc2=O)n1. The molecule has 2 heterocycles. The Balaban J connectivity index is 1.93. The van der Waals surface area contributed by atoms with Crippen LogP contribution in [0.15, 0.2) is 51.8 Å². The highest BCUT2D eigenvalue weighted by Crippen LogP contribution is 2.14. The van der Waals surface area contributed by atoms with Gasteiger partial charge >= 0.3 is 0 Å². The lowest BCUT2D eigenvalue weighted by Crippen LogP contribution is -2.23. The number of rotatable bonds is 4. The van der Waals surface area contributed by atoms with Crippen LogP contribution in [0, 0.1) is 0 Å². The first-order valence-corrected chi connectivity index (χ1v) is 6.71. The molecule has 0 unspecified atom stereocenters. The van der Waals surface area contributed by atoms with Crippen molar-refractivity contribution in [1.29, 1.82) is 0 Å². The lowest BCUT2D eigenvalue weighted by molar-refractivity contribution is 0.359. The van der Waals surface area contributed by atoms with Crippen LogP contribution >= 0.6 is 0 Å². The molecule has 0 aliphatic carbocycles. The Morgan fingerprint density at radius 3 is 2.67 bits per heavy atom. The fraction of sp³-hybridized carbons (Fsp3) is 0.200. The molecule has 21 heavy (non-hydrogen) atoms. The van der Waals surface area contributed by atoms with Gasteiger partial charge in [0, 0.05) is 18.1 Å². The average Bonchev–Trinajstić information content (AvgIpc) is 2.98. The number of nitrogens with zero attached hydrogens (tertiary/aromatic N) is 4. The largest absolute Gasteiger partial charge is 0.337 e. The third kappa shape index (κ3) is 2.89. The number of aromatic nitrogens is 4. The van der Waals surface area contributed by atoms with Crippen molar-refractivity contribution >= 4 is 0 Å². The van der Waals surface area contributed by atoms with E-state index in [0.717, 1.165) is 11.3 Å². The summed E-state index contributed by atoms with van der Waals surface area (Å²) in [5.41, 5.74) is 1.47. The number of hydrogen-bond donors (Lipinski definition) is 0. The number of benzene rings is 1.